The van der Waals surface area contributed by atoms with Crippen LogP contribution in [-0.2, 0) is 9.47 Å². The van der Waals surface area contributed by atoms with E-state index in [2.05, 4.69) is 35.5 Å². The van der Waals surface area contributed by atoms with Gasteiger partial charge in [-0.2, -0.15) is 0 Å². The second-order valence-corrected chi connectivity index (χ2v) is 7.28. The molecular weight excluding hydrogens is 390 g/mol. The Kier molecular flexibility index (Phi) is 5.46. The molecule has 0 unspecified atom stereocenters. The number of ether oxygens (including phenoxy) is 2. The predicted octanol–water partition coefficient (Wildman–Crippen LogP) is 5.12. The van der Waals surface area contributed by atoms with Gasteiger partial charge in [-0.15, -0.1) is 6.42 Å². The number of carbonyl (C=O) groups excluding carboxylic acids is 2. The summed E-state index contributed by atoms with van der Waals surface area (Å²) in [7, 11) is 1.29. The van der Waals surface area contributed by atoms with Gasteiger partial charge >= 0.3 is 12.1 Å². The highest BCUT2D eigenvalue weighted by Gasteiger charge is 2.29. The van der Waals surface area contributed by atoms with Gasteiger partial charge in [0.25, 0.3) is 0 Å². The number of terminal acetylenes is 1. The topological polar surface area (TPSA) is 64.6 Å². The van der Waals surface area contributed by atoms with Crippen LogP contribution in [0.15, 0.2) is 60.7 Å². The highest BCUT2D eigenvalue weighted by atomic mass is 16.5. The molecular formula is C26H21NO4. The number of rotatable bonds is 4. The van der Waals surface area contributed by atoms with Crippen molar-refractivity contribution in [3.05, 3.63) is 88.5 Å². The zero-order valence-corrected chi connectivity index (χ0v) is 17.3. The fraction of sp³-hybridized carbons (Fsp3) is 0.154. The van der Waals surface area contributed by atoms with Gasteiger partial charge in [-0.3, -0.25) is 5.32 Å². The highest BCUT2D eigenvalue weighted by molar-refractivity contribution is 5.94. The zero-order valence-electron chi connectivity index (χ0n) is 17.3. The van der Waals surface area contributed by atoms with Gasteiger partial charge in [0.15, 0.2) is 0 Å². The summed E-state index contributed by atoms with van der Waals surface area (Å²) in [5.41, 5.74) is 6.42. The molecule has 0 aromatic heterocycles. The summed E-state index contributed by atoms with van der Waals surface area (Å²) in [6.07, 6.45) is 4.93. The molecule has 0 fully saturated rings. The van der Waals surface area contributed by atoms with Crippen molar-refractivity contribution in [3.63, 3.8) is 0 Å². The molecule has 154 valence electrons. The summed E-state index contributed by atoms with van der Waals surface area (Å²) < 4.78 is 10.3. The van der Waals surface area contributed by atoms with Gasteiger partial charge in [0, 0.05) is 17.2 Å². The van der Waals surface area contributed by atoms with Gasteiger partial charge in [-0.05, 0) is 46.9 Å². The van der Waals surface area contributed by atoms with Crippen LogP contribution in [0.5, 0.6) is 0 Å². The third-order valence-electron chi connectivity index (χ3n) is 5.56. The lowest BCUT2D eigenvalue weighted by atomic mass is 9.98. The molecule has 0 aliphatic heterocycles. The number of carbonyl (C=O) groups is 2. The average Bonchev–Trinajstić information content (AvgIpc) is 3.12. The van der Waals surface area contributed by atoms with Crippen LogP contribution in [0.1, 0.15) is 38.5 Å². The summed E-state index contributed by atoms with van der Waals surface area (Å²) in [6, 6.07) is 19.4. The second kappa shape index (κ2) is 8.37. The van der Waals surface area contributed by atoms with Crippen molar-refractivity contribution in [2.75, 3.05) is 19.0 Å². The lowest BCUT2D eigenvalue weighted by Gasteiger charge is -2.16. The van der Waals surface area contributed by atoms with Crippen LogP contribution in [-0.4, -0.2) is 25.8 Å². The summed E-state index contributed by atoms with van der Waals surface area (Å²) in [4.78, 5) is 24.5. The van der Waals surface area contributed by atoms with Crippen LogP contribution in [0.25, 0.3) is 11.1 Å². The Hall–Kier alpha value is -4.04. The quantitative estimate of drug-likeness (QED) is 0.478. The summed E-state index contributed by atoms with van der Waals surface area (Å²) in [6.45, 7) is 1.97. The van der Waals surface area contributed by atoms with E-state index in [-0.39, 0.29) is 18.1 Å². The molecule has 1 aliphatic carbocycles. The van der Waals surface area contributed by atoms with E-state index in [1.54, 1.807) is 13.0 Å². The number of methoxy groups -OCH3 is 1. The number of amides is 1. The Labute approximate surface area is 181 Å². The molecule has 3 aromatic carbocycles. The van der Waals surface area contributed by atoms with E-state index in [0.717, 1.165) is 22.3 Å². The molecule has 1 amide bonds. The Morgan fingerprint density at radius 1 is 1.03 bits per heavy atom. The normalized spacial score (nSPS) is 11.8. The van der Waals surface area contributed by atoms with Crippen molar-refractivity contribution < 1.29 is 19.1 Å². The molecule has 1 aliphatic rings. The van der Waals surface area contributed by atoms with Crippen LogP contribution in [0.2, 0.25) is 0 Å². The van der Waals surface area contributed by atoms with Crippen LogP contribution in [0, 0.1) is 19.3 Å². The van der Waals surface area contributed by atoms with E-state index in [9.17, 15) is 9.59 Å². The standard InChI is InChI=1S/C26H21NO4/c1-4-17-13-18(25(28)30-3)14-24(16(17)2)27-26(29)31-15-23-21-11-7-5-9-19(21)20-10-6-8-12-22(20)23/h1,5-14,23H,15H2,2-3H3,(H,27,29). The summed E-state index contributed by atoms with van der Waals surface area (Å²) in [5.74, 6) is 1.95. The smallest absolute Gasteiger partial charge is 0.411 e. The first kappa shape index (κ1) is 20.2. The minimum atomic E-state index is -0.616. The Morgan fingerprint density at radius 2 is 1.65 bits per heavy atom. The van der Waals surface area contributed by atoms with E-state index in [1.807, 2.05) is 24.3 Å². The number of anilines is 1. The Morgan fingerprint density at radius 3 is 2.23 bits per heavy atom. The SMILES string of the molecule is C#Cc1cc(C(=O)OC)cc(NC(=O)OCC2c3ccccc3-c3ccccc32)c1C. The highest BCUT2D eigenvalue weighted by Crippen LogP contribution is 2.44. The van der Waals surface area contributed by atoms with E-state index >= 15 is 0 Å². The number of benzene rings is 3. The zero-order chi connectivity index (χ0) is 22.0. The van der Waals surface area contributed by atoms with E-state index in [4.69, 9.17) is 15.9 Å². The molecule has 0 atom stereocenters. The molecule has 1 N–H and O–H groups in total. The van der Waals surface area contributed by atoms with Crippen LogP contribution >= 0.6 is 0 Å². The fourth-order valence-corrected chi connectivity index (χ4v) is 3.97. The van der Waals surface area contributed by atoms with E-state index in [0.29, 0.717) is 16.8 Å². The van der Waals surface area contributed by atoms with Crippen molar-refractivity contribution in [1.82, 2.24) is 0 Å². The maximum absolute atomic E-state index is 12.6. The first-order valence-electron chi connectivity index (χ1n) is 9.85. The largest absolute Gasteiger partial charge is 0.465 e. The van der Waals surface area contributed by atoms with E-state index in [1.165, 1.54) is 13.2 Å². The molecule has 0 saturated carbocycles. The van der Waals surface area contributed by atoms with Gasteiger partial charge in [0.1, 0.15) is 6.61 Å². The molecule has 4 rings (SSSR count). The average molecular weight is 411 g/mol. The molecule has 5 heteroatoms. The van der Waals surface area contributed by atoms with Gasteiger partial charge < -0.3 is 9.47 Å². The minimum absolute atomic E-state index is 0.0399. The summed E-state index contributed by atoms with van der Waals surface area (Å²) >= 11 is 0. The first-order chi connectivity index (χ1) is 15.0. The maximum atomic E-state index is 12.6. The Bertz CT molecular complexity index is 1180. The molecule has 0 bridgehead atoms. The molecule has 0 saturated heterocycles. The number of esters is 1. The van der Waals surface area contributed by atoms with Crippen molar-refractivity contribution in [1.29, 1.82) is 0 Å². The Balaban J connectivity index is 1.53. The molecule has 0 radical (unpaired) electrons. The number of fused-ring (bicyclic) bond motifs is 3. The summed E-state index contributed by atoms with van der Waals surface area (Å²) in [5, 5.41) is 2.71. The molecule has 0 spiro atoms. The van der Waals surface area contributed by atoms with Crippen molar-refractivity contribution in [2.45, 2.75) is 12.8 Å². The number of nitrogens with one attached hydrogen (secondary N) is 1. The predicted molar refractivity (Wildman–Crippen MR) is 119 cm³/mol. The van der Waals surface area contributed by atoms with Crippen LogP contribution in [0.3, 0.4) is 0 Å². The third kappa shape index (κ3) is 3.76. The van der Waals surface area contributed by atoms with Gasteiger partial charge in [0.2, 0.25) is 0 Å². The van der Waals surface area contributed by atoms with Crippen molar-refractivity contribution in [2.24, 2.45) is 0 Å². The third-order valence-corrected chi connectivity index (χ3v) is 5.56. The second-order valence-electron chi connectivity index (χ2n) is 7.28. The minimum Gasteiger partial charge on any atom is -0.465 e. The lowest BCUT2D eigenvalue weighted by Crippen LogP contribution is -2.19. The molecule has 0 heterocycles. The molecule has 31 heavy (non-hydrogen) atoms. The number of hydrogen-bond donors (Lipinski definition) is 1. The van der Waals surface area contributed by atoms with Gasteiger partial charge in [-0.25, -0.2) is 9.59 Å². The maximum Gasteiger partial charge on any atom is 0.411 e. The monoisotopic (exact) mass is 411 g/mol. The van der Waals surface area contributed by atoms with Gasteiger partial charge in [0.05, 0.1) is 12.7 Å². The van der Waals surface area contributed by atoms with Crippen LogP contribution in [0.4, 0.5) is 10.5 Å². The van der Waals surface area contributed by atoms with Crippen LogP contribution < -0.4 is 5.32 Å². The van der Waals surface area contributed by atoms with Gasteiger partial charge in [-0.1, -0.05) is 54.5 Å². The lowest BCUT2D eigenvalue weighted by molar-refractivity contribution is 0.0600. The van der Waals surface area contributed by atoms with Crippen molar-refractivity contribution >= 4 is 17.7 Å². The fourth-order valence-electron chi connectivity index (χ4n) is 3.97. The molecule has 3 aromatic rings. The van der Waals surface area contributed by atoms with Crippen molar-refractivity contribution in [3.8, 4) is 23.5 Å². The van der Waals surface area contributed by atoms with E-state index < -0.39 is 12.1 Å². The number of hydrogen-bond acceptors (Lipinski definition) is 4. The first-order valence-corrected chi connectivity index (χ1v) is 9.85. The molecule has 5 nitrogen and oxygen atoms in total.